The van der Waals surface area contributed by atoms with Crippen LogP contribution in [0.3, 0.4) is 0 Å². The molecule has 1 heterocycles. The second kappa shape index (κ2) is 8.47. The maximum Gasteiger partial charge on any atom is 0.308 e. The maximum atomic E-state index is 13.0. The van der Waals surface area contributed by atoms with Gasteiger partial charge in [0, 0.05) is 6.04 Å². The molecule has 7 heteroatoms. The van der Waals surface area contributed by atoms with Crippen molar-refractivity contribution in [1.29, 1.82) is 0 Å². The Kier molecular flexibility index (Phi) is 6.70. The zero-order valence-corrected chi connectivity index (χ0v) is 18.6. The first-order valence-electron chi connectivity index (χ1n) is 9.62. The number of β-lactam (4-membered cyclic amide) rings is 1. The first-order chi connectivity index (χ1) is 13.0. The van der Waals surface area contributed by atoms with E-state index in [4.69, 9.17) is 9.47 Å². The predicted molar refractivity (Wildman–Crippen MR) is 109 cm³/mol. The van der Waals surface area contributed by atoms with Crippen molar-refractivity contribution in [3.8, 4) is 0 Å². The second-order valence-electron chi connectivity index (χ2n) is 8.90. The largest absolute Gasteiger partial charge is 0.464 e. The zero-order valence-electron chi connectivity index (χ0n) is 17.6. The Labute approximate surface area is 168 Å². The number of carbonyl (C=O) groups excluding carboxylic acids is 3. The lowest BCUT2D eigenvalue weighted by Gasteiger charge is -2.59. The molecule has 2 rings (SSSR count). The normalized spacial score (nSPS) is 20.9. The summed E-state index contributed by atoms with van der Waals surface area (Å²) in [6.45, 7) is 12.9. The van der Waals surface area contributed by atoms with Gasteiger partial charge < -0.3 is 14.0 Å². The molecule has 0 spiro atoms. The highest BCUT2D eigenvalue weighted by molar-refractivity contribution is 6.80. The van der Waals surface area contributed by atoms with E-state index in [9.17, 15) is 14.4 Å². The van der Waals surface area contributed by atoms with Crippen LogP contribution in [0.1, 0.15) is 39.7 Å². The summed E-state index contributed by atoms with van der Waals surface area (Å²) in [6.07, 6.45) is -0.472. The number of amides is 1. The van der Waals surface area contributed by atoms with Crippen LogP contribution >= 0.6 is 0 Å². The van der Waals surface area contributed by atoms with Crippen LogP contribution in [-0.4, -0.2) is 43.3 Å². The van der Waals surface area contributed by atoms with Gasteiger partial charge in [-0.2, -0.15) is 0 Å². The molecule has 1 aliphatic heterocycles. The molecule has 28 heavy (non-hydrogen) atoms. The van der Waals surface area contributed by atoms with Crippen molar-refractivity contribution in [2.24, 2.45) is 5.92 Å². The van der Waals surface area contributed by atoms with Crippen LogP contribution in [0.15, 0.2) is 30.3 Å². The molecule has 3 unspecified atom stereocenters. The van der Waals surface area contributed by atoms with Gasteiger partial charge in [0.15, 0.2) is 8.24 Å². The zero-order chi connectivity index (χ0) is 21.1. The van der Waals surface area contributed by atoms with E-state index in [-0.39, 0.29) is 36.0 Å². The number of carbonyl (C=O) groups is 3. The quantitative estimate of drug-likeness (QED) is 0.286. The van der Waals surface area contributed by atoms with Crippen LogP contribution in [0.4, 0.5) is 0 Å². The van der Waals surface area contributed by atoms with Crippen molar-refractivity contribution in [3.05, 3.63) is 35.9 Å². The average molecular weight is 406 g/mol. The minimum atomic E-state index is -2.18. The number of nitrogens with zero attached hydrogens (tertiary/aromatic N) is 1. The van der Waals surface area contributed by atoms with E-state index < -0.39 is 20.3 Å². The fourth-order valence-corrected chi connectivity index (χ4v) is 5.99. The molecule has 1 aliphatic rings. The van der Waals surface area contributed by atoms with E-state index in [1.807, 2.05) is 34.9 Å². The monoisotopic (exact) mass is 405 g/mol. The smallest absolute Gasteiger partial charge is 0.308 e. The molecule has 0 bridgehead atoms. The number of ether oxygens (including phenoxy) is 2. The van der Waals surface area contributed by atoms with Crippen LogP contribution in [0.25, 0.3) is 0 Å². The Bertz CT molecular complexity index is 713. The van der Waals surface area contributed by atoms with E-state index >= 15 is 0 Å². The summed E-state index contributed by atoms with van der Waals surface area (Å²) in [5, 5.41) is -0.0609. The number of benzene rings is 1. The van der Waals surface area contributed by atoms with Gasteiger partial charge in [0.25, 0.3) is 6.47 Å². The van der Waals surface area contributed by atoms with Gasteiger partial charge in [-0.3, -0.25) is 14.4 Å². The minimum absolute atomic E-state index is 0.0400. The van der Waals surface area contributed by atoms with Crippen LogP contribution in [0.2, 0.25) is 18.1 Å². The summed E-state index contributed by atoms with van der Waals surface area (Å²) in [6, 6.07) is 9.16. The molecule has 0 radical (unpaired) electrons. The van der Waals surface area contributed by atoms with Crippen molar-refractivity contribution in [2.45, 2.75) is 71.0 Å². The standard InChI is InChI=1S/C21H31NO5Si/c1-15(27-14-23)19-17(22(20(19)25)28(5,6)21(2,3)4)12-18(24)26-13-16-10-8-7-9-11-16/h7-11,14-15,17,19H,12-13H2,1-6H3. The van der Waals surface area contributed by atoms with Gasteiger partial charge in [0.05, 0.1) is 12.3 Å². The van der Waals surface area contributed by atoms with Gasteiger partial charge in [-0.05, 0) is 17.5 Å². The van der Waals surface area contributed by atoms with Crippen molar-refractivity contribution in [1.82, 2.24) is 4.57 Å². The Morgan fingerprint density at radius 1 is 1.25 bits per heavy atom. The Hall–Kier alpha value is -2.15. The first kappa shape index (κ1) is 22.1. The lowest BCUT2D eigenvalue weighted by atomic mass is 9.84. The third kappa shape index (κ3) is 4.46. The average Bonchev–Trinajstić information content (AvgIpc) is 2.59. The van der Waals surface area contributed by atoms with Gasteiger partial charge in [0.1, 0.15) is 12.7 Å². The molecule has 1 amide bonds. The molecule has 1 aromatic carbocycles. The maximum absolute atomic E-state index is 13.0. The molecular formula is C21H31NO5Si. The van der Waals surface area contributed by atoms with Gasteiger partial charge in [0.2, 0.25) is 5.91 Å². The third-order valence-electron chi connectivity index (χ3n) is 6.10. The number of hydrogen-bond donors (Lipinski definition) is 0. The Morgan fingerprint density at radius 3 is 2.39 bits per heavy atom. The van der Waals surface area contributed by atoms with Crippen LogP contribution < -0.4 is 0 Å². The van der Waals surface area contributed by atoms with Crippen LogP contribution in [0, 0.1) is 5.92 Å². The highest BCUT2D eigenvalue weighted by atomic mass is 28.3. The van der Waals surface area contributed by atoms with E-state index in [1.165, 1.54) is 0 Å². The predicted octanol–water partition coefficient (Wildman–Crippen LogP) is 3.51. The molecule has 1 saturated heterocycles. The van der Waals surface area contributed by atoms with E-state index in [0.29, 0.717) is 6.47 Å². The van der Waals surface area contributed by atoms with Crippen molar-refractivity contribution in [3.63, 3.8) is 0 Å². The van der Waals surface area contributed by atoms with Gasteiger partial charge in [-0.15, -0.1) is 0 Å². The summed E-state index contributed by atoms with van der Waals surface area (Å²) in [5.41, 5.74) is 0.913. The van der Waals surface area contributed by atoms with E-state index in [2.05, 4.69) is 33.9 Å². The first-order valence-corrected chi connectivity index (χ1v) is 12.6. The molecular weight excluding hydrogens is 374 g/mol. The second-order valence-corrected chi connectivity index (χ2v) is 14.0. The van der Waals surface area contributed by atoms with E-state index in [1.54, 1.807) is 6.92 Å². The lowest BCUT2D eigenvalue weighted by molar-refractivity contribution is -0.164. The van der Waals surface area contributed by atoms with Gasteiger partial charge in [-0.1, -0.05) is 64.2 Å². The van der Waals surface area contributed by atoms with Crippen molar-refractivity contribution in [2.75, 3.05) is 0 Å². The minimum Gasteiger partial charge on any atom is -0.464 e. The Balaban J connectivity index is 2.15. The lowest BCUT2D eigenvalue weighted by Crippen LogP contribution is -2.74. The molecule has 3 atom stereocenters. The molecule has 0 N–H and O–H groups in total. The molecule has 1 aromatic rings. The van der Waals surface area contributed by atoms with E-state index in [0.717, 1.165) is 5.56 Å². The molecule has 1 fully saturated rings. The highest BCUT2D eigenvalue weighted by Crippen LogP contribution is 2.46. The van der Waals surface area contributed by atoms with Crippen LogP contribution in [-0.2, 0) is 30.5 Å². The fourth-order valence-electron chi connectivity index (χ4n) is 3.49. The Morgan fingerprint density at radius 2 is 1.86 bits per heavy atom. The molecule has 6 nitrogen and oxygen atoms in total. The SMILES string of the molecule is CC(OC=O)C1C(=O)N([Si](C)(C)C(C)(C)C)C1CC(=O)OCc1ccccc1. The number of esters is 1. The summed E-state index contributed by atoms with van der Waals surface area (Å²) in [4.78, 5) is 36.2. The van der Waals surface area contributed by atoms with Gasteiger partial charge >= 0.3 is 5.97 Å². The third-order valence-corrected chi connectivity index (χ3v) is 11.5. The summed E-state index contributed by atoms with van der Waals surface area (Å²) >= 11 is 0. The van der Waals surface area contributed by atoms with Crippen molar-refractivity contribution >= 4 is 26.6 Å². The summed E-state index contributed by atoms with van der Waals surface area (Å²) in [7, 11) is -2.18. The van der Waals surface area contributed by atoms with Crippen LogP contribution in [0.5, 0.6) is 0 Å². The topological polar surface area (TPSA) is 72.9 Å². The molecule has 154 valence electrons. The molecule has 0 aliphatic carbocycles. The number of rotatable bonds is 8. The summed E-state index contributed by atoms with van der Waals surface area (Å²) < 4.78 is 12.4. The number of hydrogen-bond acceptors (Lipinski definition) is 5. The summed E-state index contributed by atoms with van der Waals surface area (Å²) in [5.74, 6) is -0.904. The van der Waals surface area contributed by atoms with Crippen molar-refractivity contribution < 1.29 is 23.9 Å². The highest BCUT2D eigenvalue weighted by Gasteiger charge is 2.59. The van der Waals surface area contributed by atoms with Gasteiger partial charge in [-0.25, -0.2) is 0 Å². The molecule has 0 saturated carbocycles. The fraction of sp³-hybridized carbons (Fsp3) is 0.571. The molecule has 0 aromatic heterocycles.